The number of hydrogen-bond acceptors (Lipinski definition) is 4. The van der Waals surface area contributed by atoms with Crippen molar-refractivity contribution < 1.29 is 9.53 Å². The van der Waals surface area contributed by atoms with Crippen LogP contribution in [0.25, 0.3) is 0 Å². The van der Waals surface area contributed by atoms with Gasteiger partial charge in [-0.25, -0.2) is 0 Å². The summed E-state index contributed by atoms with van der Waals surface area (Å²) in [5, 5.41) is 3.22. The molecule has 2 heterocycles. The Balaban J connectivity index is 1.53. The first-order valence-electron chi connectivity index (χ1n) is 7.64. The van der Waals surface area contributed by atoms with E-state index in [1.807, 2.05) is 17.0 Å². The van der Waals surface area contributed by atoms with Crippen LogP contribution in [-0.2, 0) is 4.79 Å². The van der Waals surface area contributed by atoms with Gasteiger partial charge in [0, 0.05) is 44.4 Å². The number of amides is 1. The standard InChI is InChI=1S/C16H23N3O2/c1-21-15-4-2-3-14(10-15)18-5-7-19(8-6-18)16(20)9-13-11-17-12-13/h2-4,10,13,17H,5-9,11-12H2,1H3. The maximum Gasteiger partial charge on any atom is 0.223 e. The van der Waals surface area contributed by atoms with Gasteiger partial charge in [-0.15, -0.1) is 0 Å². The Morgan fingerprint density at radius 3 is 2.67 bits per heavy atom. The van der Waals surface area contributed by atoms with E-state index in [1.54, 1.807) is 7.11 Å². The van der Waals surface area contributed by atoms with Crippen molar-refractivity contribution in [2.45, 2.75) is 6.42 Å². The zero-order chi connectivity index (χ0) is 14.7. The minimum atomic E-state index is 0.312. The number of piperazine rings is 1. The van der Waals surface area contributed by atoms with Gasteiger partial charge in [-0.2, -0.15) is 0 Å². The molecule has 0 aliphatic carbocycles. The third-order valence-electron chi connectivity index (χ3n) is 4.38. The van der Waals surface area contributed by atoms with Gasteiger partial charge < -0.3 is 19.9 Å². The number of nitrogens with zero attached hydrogens (tertiary/aromatic N) is 2. The maximum atomic E-state index is 12.2. The minimum Gasteiger partial charge on any atom is -0.497 e. The van der Waals surface area contributed by atoms with Gasteiger partial charge in [0.15, 0.2) is 0 Å². The molecule has 0 unspecified atom stereocenters. The van der Waals surface area contributed by atoms with Gasteiger partial charge in [0.2, 0.25) is 5.91 Å². The highest BCUT2D eigenvalue weighted by Gasteiger charge is 2.26. The summed E-state index contributed by atoms with van der Waals surface area (Å²) >= 11 is 0. The average Bonchev–Trinajstić information content (AvgIpc) is 2.51. The van der Waals surface area contributed by atoms with Crippen molar-refractivity contribution >= 4 is 11.6 Å². The quantitative estimate of drug-likeness (QED) is 0.896. The highest BCUT2D eigenvalue weighted by Crippen LogP contribution is 2.22. The molecule has 2 aliphatic heterocycles. The van der Waals surface area contributed by atoms with Crippen LogP contribution in [0, 0.1) is 5.92 Å². The highest BCUT2D eigenvalue weighted by atomic mass is 16.5. The third kappa shape index (κ3) is 3.29. The first-order chi connectivity index (χ1) is 10.3. The Morgan fingerprint density at radius 1 is 1.29 bits per heavy atom. The lowest BCUT2D eigenvalue weighted by Crippen LogP contribution is -2.51. The second-order valence-electron chi connectivity index (χ2n) is 5.80. The van der Waals surface area contributed by atoms with Crippen LogP contribution >= 0.6 is 0 Å². The average molecular weight is 289 g/mol. The number of carbonyl (C=O) groups excluding carboxylic acids is 1. The van der Waals surface area contributed by atoms with E-state index in [2.05, 4.69) is 22.3 Å². The molecular weight excluding hydrogens is 266 g/mol. The molecule has 0 atom stereocenters. The van der Waals surface area contributed by atoms with Crippen molar-refractivity contribution in [2.75, 3.05) is 51.3 Å². The lowest BCUT2D eigenvalue weighted by Gasteiger charge is -2.37. The molecule has 5 heteroatoms. The number of rotatable bonds is 4. The first-order valence-corrected chi connectivity index (χ1v) is 7.64. The van der Waals surface area contributed by atoms with E-state index >= 15 is 0 Å². The Morgan fingerprint density at radius 2 is 2.05 bits per heavy atom. The Kier molecular flexibility index (Phi) is 4.29. The molecule has 0 saturated carbocycles. The molecule has 114 valence electrons. The fourth-order valence-corrected chi connectivity index (χ4v) is 2.89. The van der Waals surface area contributed by atoms with Crippen molar-refractivity contribution in [3.8, 4) is 5.75 Å². The summed E-state index contributed by atoms with van der Waals surface area (Å²) in [7, 11) is 1.69. The molecule has 2 aliphatic rings. The third-order valence-corrected chi connectivity index (χ3v) is 4.38. The molecule has 0 spiro atoms. The van der Waals surface area contributed by atoms with Crippen LogP contribution in [0.15, 0.2) is 24.3 Å². The molecule has 2 fully saturated rings. The topological polar surface area (TPSA) is 44.8 Å². The van der Waals surface area contributed by atoms with Crippen LogP contribution in [0.4, 0.5) is 5.69 Å². The second-order valence-corrected chi connectivity index (χ2v) is 5.80. The summed E-state index contributed by atoms with van der Waals surface area (Å²) in [6, 6.07) is 8.11. The predicted molar refractivity (Wildman–Crippen MR) is 82.8 cm³/mol. The summed E-state index contributed by atoms with van der Waals surface area (Å²) in [6.07, 6.45) is 0.701. The highest BCUT2D eigenvalue weighted by molar-refractivity contribution is 5.77. The van der Waals surface area contributed by atoms with Gasteiger partial charge >= 0.3 is 0 Å². The molecule has 5 nitrogen and oxygen atoms in total. The van der Waals surface area contributed by atoms with Crippen LogP contribution in [0.3, 0.4) is 0 Å². The van der Waals surface area contributed by atoms with Crippen LogP contribution in [-0.4, -0.2) is 57.2 Å². The number of benzene rings is 1. The molecule has 1 N–H and O–H groups in total. The maximum absolute atomic E-state index is 12.2. The minimum absolute atomic E-state index is 0.312. The Bertz CT molecular complexity index is 494. The summed E-state index contributed by atoms with van der Waals surface area (Å²) in [5.74, 6) is 1.74. The van der Waals surface area contributed by atoms with Crippen molar-refractivity contribution in [3.05, 3.63) is 24.3 Å². The molecule has 3 rings (SSSR count). The smallest absolute Gasteiger partial charge is 0.223 e. The van der Waals surface area contributed by atoms with Crippen LogP contribution in [0.1, 0.15) is 6.42 Å². The molecular formula is C16H23N3O2. The van der Waals surface area contributed by atoms with E-state index in [0.717, 1.165) is 45.0 Å². The van der Waals surface area contributed by atoms with E-state index < -0.39 is 0 Å². The monoisotopic (exact) mass is 289 g/mol. The molecule has 1 amide bonds. The number of hydrogen-bond donors (Lipinski definition) is 1. The number of ether oxygens (including phenoxy) is 1. The summed E-state index contributed by atoms with van der Waals surface area (Å²) in [6.45, 7) is 5.40. The van der Waals surface area contributed by atoms with Crippen LogP contribution < -0.4 is 15.0 Å². The van der Waals surface area contributed by atoms with Crippen molar-refractivity contribution in [3.63, 3.8) is 0 Å². The second kappa shape index (κ2) is 6.35. The van der Waals surface area contributed by atoms with E-state index in [1.165, 1.54) is 5.69 Å². The van der Waals surface area contributed by atoms with Crippen molar-refractivity contribution in [1.82, 2.24) is 10.2 Å². The van der Waals surface area contributed by atoms with E-state index in [9.17, 15) is 4.79 Å². The number of anilines is 1. The van der Waals surface area contributed by atoms with Gasteiger partial charge in [0.05, 0.1) is 7.11 Å². The lowest BCUT2D eigenvalue weighted by atomic mass is 9.98. The summed E-state index contributed by atoms with van der Waals surface area (Å²) < 4.78 is 5.27. The molecule has 1 aromatic carbocycles. The molecule has 0 bridgehead atoms. The van der Waals surface area contributed by atoms with Crippen molar-refractivity contribution in [1.29, 1.82) is 0 Å². The van der Waals surface area contributed by atoms with Gasteiger partial charge in [0.25, 0.3) is 0 Å². The zero-order valence-corrected chi connectivity index (χ0v) is 12.5. The molecule has 1 aromatic rings. The van der Waals surface area contributed by atoms with Gasteiger partial charge in [-0.05, 0) is 31.1 Å². The van der Waals surface area contributed by atoms with E-state index in [4.69, 9.17) is 4.74 Å². The van der Waals surface area contributed by atoms with E-state index in [0.29, 0.717) is 18.2 Å². The zero-order valence-electron chi connectivity index (χ0n) is 12.5. The lowest BCUT2D eigenvalue weighted by molar-refractivity contribution is -0.132. The summed E-state index contributed by atoms with van der Waals surface area (Å²) in [4.78, 5) is 16.5. The predicted octanol–water partition coefficient (Wildman–Crippen LogP) is 0.953. The number of nitrogens with one attached hydrogen (secondary N) is 1. The molecule has 21 heavy (non-hydrogen) atoms. The first kappa shape index (κ1) is 14.2. The van der Waals surface area contributed by atoms with Gasteiger partial charge in [0.1, 0.15) is 5.75 Å². The fourth-order valence-electron chi connectivity index (χ4n) is 2.89. The molecule has 0 radical (unpaired) electrons. The number of carbonyl (C=O) groups is 1. The van der Waals surface area contributed by atoms with Gasteiger partial charge in [-0.3, -0.25) is 4.79 Å². The Hall–Kier alpha value is -1.75. The SMILES string of the molecule is COc1cccc(N2CCN(C(=O)CC3CNC3)CC2)c1. The largest absolute Gasteiger partial charge is 0.497 e. The van der Waals surface area contributed by atoms with Crippen LogP contribution in [0.2, 0.25) is 0 Å². The van der Waals surface area contributed by atoms with Gasteiger partial charge in [-0.1, -0.05) is 6.07 Å². The molecule has 0 aromatic heterocycles. The van der Waals surface area contributed by atoms with E-state index in [-0.39, 0.29) is 0 Å². The number of methoxy groups -OCH3 is 1. The molecule has 2 saturated heterocycles. The fraction of sp³-hybridized carbons (Fsp3) is 0.562. The van der Waals surface area contributed by atoms with Crippen molar-refractivity contribution in [2.24, 2.45) is 5.92 Å². The van der Waals surface area contributed by atoms with Crippen LogP contribution in [0.5, 0.6) is 5.75 Å². The normalized spacial score (nSPS) is 19.3. The summed E-state index contributed by atoms with van der Waals surface area (Å²) in [5.41, 5.74) is 1.17. The Labute approximate surface area is 125 Å².